The molecule has 21 heavy (non-hydrogen) atoms. The molecule has 1 aromatic carbocycles. The first-order valence-corrected chi connectivity index (χ1v) is 8.51. The van der Waals surface area contributed by atoms with Crippen LogP contribution in [0.15, 0.2) is 23.1 Å². The Kier molecular flexibility index (Phi) is 3.69. The molecule has 1 aromatic rings. The number of rotatable bonds is 2. The van der Waals surface area contributed by atoms with Crippen LogP contribution in [-0.2, 0) is 19.5 Å². The Bertz CT molecular complexity index is 628. The van der Waals surface area contributed by atoms with Gasteiger partial charge in [0.1, 0.15) is 0 Å². The Hall–Kier alpha value is -1.15. The summed E-state index contributed by atoms with van der Waals surface area (Å²) < 4.78 is 38.2. The van der Waals surface area contributed by atoms with Crippen LogP contribution in [0.4, 0.5) is 5.69 Å². The molecule has 2 fully saturated rings. The van der Waals surface area contributed by atoms with Gasteiger partial charge < -0.3 is 15.2 Å². The molecule has 2 aliphatic rings. The van der Waals surface area contributed by atoms with Gasteiger partial charge >= 0.3 is 0 Å². The maximum atomic E-state index is 12.7. The zero-order valence-electron chi connectivity index (χ0n) is 12.0. The molecule has 0 bridgehead atoms. The van der Waals surface area contributed by atoms with Crippen molar-refractivity contribution in [3.8, 4) is 0 Å². The van der Waals surface area contributed by atoms with Crippen LogP contribution in [0.2, 0.25) is 0 Å². The van der Waals surface area contributed by atoms with Crippen molar-refractivity contribution in [3.05, 3.63) is 23.8 Å². The Morgan fingerprint density at radius 3 is 2.38 bits per heavy atom. The summed E-state index contributed by atoms with van der Waals surface area (Å²) in [6.07, 6.45) is 1.14. The van der Waals surface area contributed by atoms with E-state index in [1.807, 2.05) is 0 Å². The highest BCUT2D eigenvalue weighted by Crippen LogP contribution is 2.34. The topological polar surface area (TPSA) is 81.9 Å². The second-order valence-electron chi connectivity index (χ2n) is 5.54. The molecule has 0 unspecified atom stereocenters. The summed E-state index contributed by atoms with van der Waals surface area (Å²) in [4.78, 5) is 0.320. The fraction of sp³-hybridized carbons (Fsp3) is 0.571. The molecule has 0 radical (unpaired) electrons. The predicted octanol–water partition coefficient (Wildman–Crippen LogP) is 1.10. The van der Waals surface area contributed by atoms with Gasteiger partial charge in [-0.15, -0.1) is 0 Å². The summed E-state index contributed by atoms with van der Waals surface area (Å²) in [6, 6.07) is 4.88. The van der Waals surface area contributed by atoms with E-state index in [1.165, 1.54) is 4.31 Å². The van der Waals surface area contributed by atoms with E-state index in [-0.39, 0.29) is 0 Å². The van der Waals surface area contributed by atoms with Gasteiger partial charge in [0.05, 0.1) is 18.1 Å². The average Bonchev–Trinajstić information content (AvgIpc) is 2.87. The SMILES string of the molecule is Cc1cc(N)ccc1S(=O)(=O)N1CCC2(CC1)OCCO2. The number of nitrogens with two attached hydrogens (primary N) is 1. The molecule has 0 saturated carbocycles. The number of aryl methyl sites for hydroxylation is 1. The summed E-state index contributed by atoms with van der Waals surface area (Å²) in [5, 5.41) is 0. The van der Waals surface area contributed by atoms with Crippen LogP contribution in [-0.4, -0.2) is 44.8 Å². The van der Waals surface area contributed by atoms with Crippen LogP contribution < -0.4 is 5.73 Å². The molecule has 6 nitrogen and oxygen atoms in total. The fourth-order valence-electron chi connectivity index (χ4n) is 2.95. The molecule has 0 atom stereocenters. The quantitative estimate of drug-likeness (QED) is 0.827. The van der Waals surface area contributed by atoms with Crippen LogP contribution >= 0.6 is 0 Å². The van der Waals surface area contributed by atoms with Gasteiger partial charge in [-0.05, 0) is 30.7 Å². The summed E-state index contributed by atoms with van der Waals surface area (Å²) in [5.74, 6) is -0.567. The lowest BCUT2D eigenvalue weighted by molar-refractivity contribution is -0.179. The molecule has 116 valence electrons. The van der Waals surface area contributed by atoms with Crippen molar-refractivity contribution in [2.24, 2.45) is 0 Å². The van der Waals surface area contributed by atoms with Crippen molar-refractivity contribution in [3.63, 3.8) is 0 Å². The van der Waals surface area contributed by atoms with E-state index in [1.54, 1.807) is 25.1 Å². The molecule has 0 aliphatic carbocycles. The smallest absolute Gasteiger partial charge is 0.243 e. The minimum Gasteiger partial charge on any atom is -0.399 e. The van der Waals surface area contributed by atoms with Gasteiger partial charge in [-0.3, -0.25) is 0 Å². The minimum atomic E-state index is -3.49. The molecular weight excluding hydrogens is 292 g/mol. The molecule has 7 heteroatoms. The first kappa shape index (κ1) is 14.8. The monoisotopic (exact) mass is 312 g/mol. The van der Waals surface area contributed by atoms with Crippen LogP contribution in [0, 0.1) is 6.92 Å². The van der Waals surface area contributed by atoms with E-state index in [0.717, 1.165) is 0 Å². The minimum absolute atomic E-state index is 0.320. The van der Waals surface area contributed by atoms with Gasteiger partial charge in [-0.2, -0.15) is 4.31 Å². The number of benzene rings is 1. The number of hydrogen-bond donors (Lipinski definition) is 1. The molecule has 2 heterocycles. The maximum absolute atomic E-state index is 12.7. The van der Waals surface area contributed by atoms with E-state index in [4.69, 9.17) is 15.2 Å². The Balaban J connectivity index is 1.80. The highest BCUT2D eigenvalue weighted by Gasteiger charge is 2.42. The zero-order chi connectivity index (χ0) is 15.1. The van der Waals surface area contributed by atoms with Crippen molar-refractivity contribution >= 4 is 15.7 Å². The summed E-state index contributed by atoms with van der Waals surface area (Å²) in [5.41, 5.74) is 6.92. The summed E-state index contributed by atoms with van der Waals surface area (Å²) in [7, 11) is -3.49. The molecular formula is C14H20N2O4S. The van der Waals surface area contributed by atoms with Crippen LogP contribution in [0.1, 0.15) is 18.4 Å². The summed E-state index contributed by atoms with van der Waals surface area (Å²) >= 11 is 0. The average molecular weight is 312 g/mol. The molecule has 1 spiro atoms. The number of nitrogen functional groups attached to an aromatic ring is 1. The molecule has 0 aromatic heterocycles. The van der Waals surface area contributed by atoms with Crippen molar-refractivity contribution in [2.45, 2.75) is 30.4 Å². The number of anilines is 1. The standard InChI is InChI=1S/C14H20N2O4S/c1-11-10-12(15)2-3-13(11)21(17,18)16-6-4-14(5-7-16)19-8-9-20-14/h2-3,10H,4-9,15H2,1H3. The second kappa shape index (κ2) is 5.24. The highest BCUT2D eigenvalue weighted by atomic mass is 32.2. The predicted molar refractivity (Wildman–Crippen MR) is 78.2 cm³/mol. The second-order valence-corrected chi connectivity index (χ2v) is 7.44. The van der Waals surface area contributed by atoms with E-state index >= 15 is 0 Å². The normalized spacial score (nSPS) is 22.7. The number of sulfonamides is 1. The third kappa shape index (κ3) is 2.66. The summed E-state index contributed by atoms with van der Waals surface area (Å²) in [6.45, 7) is 3.75. The highest BCUT2D eigenvalue weighted by molar-refractivity contribution is 7.89. The van der Waals surface area contributed by atoms with Crippen LogP contribution in [0.25, 0.3) is 0 Å². The van der Waals surface area contributed by atoms with Gasteiger partial charge in [0.2, 0.25) is 10.0 Å². The number of nitrogens with zero attached hydrogens (tertiary/aromatic N) is 1. The lowest BCUT2D eigenvalue weighted by Gasteiger charge is -2.37. The third-order valence-electron chi connectivity index (χ3n) is 4.11. The lowest BCUT2D eigenvalue weighted by atomic mass is 10.1. The van der Waals surface area contributed by atoms with Crippen molar-refractivity contribution in [1.82, 2.24) is 4.31 Å². The number of piperidine rings is 1. The van der Waals surface area contributed by atoms with E-state index in [9.17, 15) is 8.42 Å². The maximum Gasteiger partial charge on any atom is 0.243 e. The first-order valence-electron chi connectivity index (χ1n) is 7.07. The molecule has 3 rings (SSSR count). The van der Waals surface area contributed by atoms with Gasteiger partial charge in [0.15, 0.2) is 5.79 Å². The molecule has 2 N–H and O–H groups in total. The molecule has 2 aliphatic heterocycles. The van der Waals surface area contributed by atoms with Gasteiger partial charge in [-0.1, -0.05) is 0 Å². The van der Waals surface area contributed by atoms with E-state index in [2.05, 4.69) is 0 Å². The van der Waals surface area contributed by atoms with Gasteiger partial charge in [-0.25, -0.2) is 8.42 Å². The van der Waals surface area contributed by atoms with E-state index < -0.39 is 15.8 Å². The third-order valence-corrected chi connectivity index (χ3v) is 6.17. The van der Waals surface area contributed by atoms with Gasteiger partial charge in [0.25, 0.3) is 0 Å². The van der Waals surface area contributed by atoms with E-state index in [0.29, 0.717) is 55.3 Å². The Labute approximate surface area is 124 Å². The fourth-order valence-corrected chi connectivity index (χ4v) is 4.60. The number of ether oxygens (including phenoxy) is 2. The molecule has 2 saturated heterocycles. The lowest BCUT2D eigenvalue weighted by Crippen LogP contribution is -2.47. The largest absolute Gasteiger partial charge is 0.399 e. The Morgan fingerprint density at radius 1 is 1.19 bits per heavy atom. The Morgan fingerprint density at radius 2 is 1.81 bits per heavy atom. The van der Waals surface area contributed by atoms with Crippen LogP contribution in [0.3, 0.4) is 0 Å². The zero-order valence-corrected chi connectivity index (χ0v) is 12.9. The van der Waals surface area contributed by atoms with Crippen molar-refractivity contribution in [1.29, 1.82) is 0 Å². The van der Waals surface area contributed by atoms with Crippen LogP contribution in [0.5, 0.6) is 0 Å². The number of hydrogen-bond acceptors (Lipinski definition) is 5. The molecule has 0 amide bonds. The first-order chi connectivity index (χ1) is 9.93. The van der Waals surface area contributed by atoms with Gasteiger partial charge in [0, 0.05) is 31.6 Å². The van der Waals surface area contributed by atoms with Crippen molar-refractivity contribution in [2.75, 3.05) is 32.0 Å². The van der Waals surface area contributed by atoms with Crippen molar-refractivity contribution < 1.29 is 17.9 Å².